The molecule has 1 saturated heterocycles. The lowest BCUT2D eigenvalue weighted by Gasteiger charge is -2.27. The van der Waals surface area contributed by atoms with Crippen molar-refractivity contribution in [2.24, 2.45) is 0 Å². The molecule has 0 aliphatic carbocycles. The van der Waals surface area contributed by atoms with Crippen LogP contribution in [0.15, 0.2) is 52.9 Å². The number of anilines is 1. The molecule has 0 saturated carbocycles. The highest BCUT2D eigenvalue weighted by molar-refractivity contribution is 6.30. The van der Waals surface area contributed by atoms with E-state index in [0.717, 1.165) is 42.5 Å². The number of halogens is 1. The first-order valence-electron chi connectivity index (χ1n) is 10.2. The van der Waals surface area contributed by atoms with Crippen LogP contribution >= 0.6 is 11.6 Å². The molecule has 0 radical (unpaired) electrons. The van der Waals surface area contributed by atoms with E-state index in [2.05, 4.69) is 20.2 Å². The van der Waals surface area contributed by atoms with Crippen LogP contribution in [-0.2, 0) is 6.54 Å². The third-order valence-electron chi connectivity index (χ3n) is 5.43. The van der Waals surface area contributed by atoms with Gasteiger partial charge in [-0.2, -0.15) is 0 Å². The van der Waals surface area contributed by atoms with E-state index in [0.29, 0.717) is 28.5 Å². The highest BCUT2D eigenvalue weighted by atomic mass is 35.5. The maximum Gasteiger partial charge on any atom is 0.289 e. The zero-order valence-electron chi connectivity index (χ0n) is 16.4. The number of piperidine rings is 1. The van der Waals surface area contributed by atoms with Gasteiger partial charge in [0.05, 0.1) is 0 Å². The molecule has 5 rings (SSSR count). The Labute approximate surface area is 178 Å². The van der Waals surface area contributed by atoms with Crippen molar-refractivity contribution < 1.29 is 9.21 Å². The van der Waals surface area contributed by atoms with Crippen LogP contribution < -0.4 is 10.2 Å². The number of carbonyl (C=O) groups is 1. The van der Waals surface area contributed by atoms with Gasteiger partial charge in [0.1, 0.15) is 11.1 Å². The number of amides is 1. The minimum Gasteiger partial charge on any atom is -0.450 e. The Hall–Kier alpha value is -3.12. The van der Waals surface area contributed by atoms with Crippen molar-refractivity contribution in [2.45, 2.75) is 25.8 Å². The van der Waals surface area contributed by atoms with Gasteiger partial charge in [-0.15, -0.1) is 0 Å². The molecule has 1 aliphatic heterocycles. The van der Waals surface area contributed by atoms with Crippen LogP contribution in [0.4, 0.5) is 5.82 Å². The summed E-state index contributed by atoms with van der Waals surface area (Å²) in [5.74, 6) is 0.548. The van der Waals surface area contributed by atoms with Crippen LogP contribution in [0.3, 0.4) is 0 Å². The molecule has 30 heavy (non-hydrogen) atoms. The lowest BCUT2D eigenvalue weighted by molar-refractivity contribution is 0.0941. The molecule has 1 fully saturated rings. The van der Waals surface area contributed by atoms with Crippen LogP contribution in [0.25, 0.3) is 22.1 Å². The number of hydrogen-bond donors (Lipinski definition) is 1. The van der Waals surface area contributed by atoms with E-state index in [1.165, 1.54) is 6.42 Å². The number of carbonyl (C=O) groups excluding carboxylic acids is 1. The Kier molecular flexibility index (Phi) is 5.01. The standard InChI is InChI=1S/C23H21ClN4O2/c24-16-10-8-15(9-11-16)14-25-23(29)21-26-19-17-6-2-3-7-18(17)30-20(19)22(27-21)28-12-4-1-5-13-28/h2-3,6-11H,1,4-5,12-14H2,(H,25,29). The van der Waals surface area contributed by atoms with Crippen molar-refractivity contribution in [3.63, 3.8) is 0 Å². The molecule has 6 nitrogen and oxygen atoms in total. The molecule has 0 spiro atoms. The number of nitrogens with zero attached hydrogens (tertiary/aromatic N) is 3. The molecule has 0 atom stereocenters. The van der Waals surface area contributed by atoms with Crippen molar-refractivity contribution >= 4 is 45.4 Å². The molecule has 7 heteroatoms. The highest BCUT2D eigenvalue weighted by Crippen LogP contribution is 2.33. The normalized spacial score (nSPS) is 14.4. The second kappa shape index (κ2) is 7.95. The SMILES string of the molecule is O=C(NCc1ccc(Cl)cc1)c1nc(N2CCCCC2)c2oc3ccccc3c2n1. The Bertz CT molecular complexity index is 1210. The number of fused-ring (bicyclic) bond motifs is 3. The molecule has 0 unspecified atom stereocenters. The topological polar surface area (TPSA) is 71.3 Å². The van der Waals surface area contributed by atoms with Gasteiger partial charge in [-0.05, 0) is 49.1 Å². The summed E-state index contributed by atoms with van der Waals surface area (Å²) in [6.45, 7) is 2.17. The number of benzene rings is 2. The fraction of sp³-hybridized carbons (Fsp3) is 0.261. The van der Waals surface area contributed by atoms with E-state index in [4.69, 9.17) is 16.0 Å². The lowest BCUT2D eigenvalue weighted by atomic mass is 10.1. The predicted octanol–water partition coefficient (Wildman–Crippen LogP) is 4.95. The lowest BCUT2D eigenvalue weighted by Crippen LogP contribution is -2.32. The first-order valence-corrected chi connectivity index (χ1v) is 10.5. The zero-order chi connectivity index (χ0) is 20.5. The van der Waals surface area contributed by atoms with Crippen molar-refractivity contribution in [1.29, 1.82) is 0 Å². The van der Waals surface area contributed by atoms with Gasteiger partial charge in [0.25, 0.3) is 5.91 Å². The number of hydrogen-bond acceptors (Lipinski definition) is 5. The van der Waals surface area contributed by atoms with Gasteiger partial charge in [-0.25, -0.2) is 9.97 Å². The fourth-order valence-corrected chi connectivity index (χ4v) is 3.99. The van der Waals surface area contributed by atoms with E-state index in [-0.39, 0.29) is 11.7 Å². The van der Waals surface area contributed by atoms with E-state index >= 15 is 0 Å². The van der Waals surface area contributed by atoms with Crippen LogP contribution in [0, 0.1) is 0 Å². The Balaban J connectivity index is 1.53. The van der Waals surface area contributed by atoms with Gasteiger partial charge in [0.2, 0.25) is 5.82 Å². The molecule has 1 N–H and O–H groups in total. The third-order valence-corrected chi connectivity index (χ3v) is 5.68. The summed E-state index contributed by atoms with van der Waals surface area (Å²) in [5.41, 5.74) is 3.03. The monoisotopic (exact) mass is 420 g/mol. The minimum atomic E-state index is -0.310. The second-order valence-corrected chi connectivity index (χ2v) is 7.94. The van der Waals surface area contributed by atoms with Crippen LogP contribution in [0.5, 0.6) is 0 Å². The molecule has 4 aromatic rings. The molecule has 0 bridgehead atoms. The third kappa shape index (κ3) is 3.59. The summed E-state index contributed by atoms with van der Waals surface area (Å²) >= 11 is 5.93. The molecule has 2 aromatic heterocycles. The van der Waals surface area contributed by atoms with E-state index < -0.39 is 0 Å². The number of nitrogens with one attached hydrogen (secondary N) is 1. The zero-order valence-corrected chi connectivity index (χ0v) is 17.2. The van der Waals surface area contributed by atoms with Crippen LogP contribution in [-0.4, -0.2) is 29.0 Å². The molecular weight excluding hydrogens is 400 g/mol. The van der Waals surface area contributed by atoms with E-state index in [1.54, 1.807) is 12.1 Å². The molecular formula is C23H21ClN4O2. The molecule has 1 amide bonds. The number of rotatable bonds is 4. The smallest absolute Gasteiger partial charge is 0.289 e. The van der Waals surface area contributed by atoms with Gasteiger partial charge in [0.15, 0.2) is 11.4 Å². The number of furan rings is 1. The van der Waals surface area contributed by atoms with Gasteiger partial charge in [-0.3, -0.25) is 4.79 Å². The van der Waals surface area contributed by atoms with Crippen molar-refractivity contribution in [1.82, 2.24) is 15.3 Å². The quantitative estimate of drug-likeness (QED) is 0.505. The van der Waals surface area contributed by atoms with Crippen molar-refractivity contribution in [2.75, 3.05) is 18.0 Å². The summed E-state index contributed by atoms with van der Waals surface area (Å²) in [6, 6.07) is 15.1. The van der Waals surface area contributed by atoms with Crippen LogP contribution in [0.1, 0.15) is 35.4 Å². The summed E-state index contributed by atoms with van der Waals surface area (Å²) in [5, 5.41) is 4.47. The molecule has 152 valence electrons. The number of para-hydroxylation sites is 1. The van der Waals surface area contributed by atoms with Gasteiger partial charge < -0.3 is 14.6 Å². The predicted molar refractivity (Wildman–Crippen MR) is 118 cm³/mol. The van der Waals surface area contributed by atoms with Gasteiger partial charge in [0, 0.05) is 30.0 Å². The van der Waals surface area contributed by atoms with E-state index in [9.17, 15) is 4.79 Å². The highest BCUT2D eigenvalue weighted by Gasteiger charge is 2.23. The average molecular weight is 421 g/mol. The number of aromatic nitrogens is 2. The first-order chi connectivity index (χ1) is 14.7. The van der Waals surface area contributed by atoms with Crippen molar-refractivity contribution in [3.8, 4) is 0 Å². The largest absolute Gasteiger partial charge is 0.450 e. The van der Waals surface area contributed by atoms with E-state index in [1.807, 2.05) is 36.4 Å². The summed E-state index contributed by atoms with van der Waals surface area (Å²) < 4.78 is 6.10. The summed E-state index contributed by atoms with van der Waals surface area (Å²) in [7, 11) is 0. The summed E-state index contributed by atoms with van der Waals surface area (Å²) in [4.78, 5) is 24.3. The molecule has 1 aliphatic rings. The fourth-order valence-electron chi connectivity index (χ4n) is 3.86. The Morgan fingerprint density at radius 1 is 1.03 bits per heavy atom. The minimum absolute atomic E-state index is 0.156. The molecule has 2 aromatic carbocycles. The van der Waals surface area contributed by atoms with Gasteiger partial charge >= 0.3 is 0 Å². The maximum atomic E-state index is 12.9. The average Bonchev–Trinajstić information content (AvgIpc) is 3.17. The Morgan fingerprint density at radius 2 is 1.80 bits per heavy atom. The molecule has 3 heterocycles. The van der Waals surface area contributed by atoms with Gasteiger partial charge in [-0.1, -0.05) is 35.9 Å². The Morgan fingerprint density at radius 3 is 2.60 bits per heavy atom. The second-order valence-electron chi connectivity index (χ2n) is 7.50. The summed E-state index contributed by atoms with van der Waals surface area (Å²) in [6.07, 6.45) is 3.41. The first kappa shape index (κ1) is 18.9. The maximum absolute atomic E-state index is 12.9. The van der Waals surface area contributed by atoms with Crippen molar-refractivity contribution in [3.05, 3.63) is 64.9 Å². The van der Waals surface area contributed by atoms with Crippen LogP contribution in [0.2, 0.25) is 5.02 Å².